The minimum Gasteiger partial charge on any atom is -0.462 e. The van der Waals surface area contributed by atoms with Crippen LogP contribution in [-0.4, -0.2) is 54.7 Å². The lowest BCUT2D eigenvalue weighted by Gasteiger charge is -2.37. The number of esters is 2. The highest BCUT2D eigenvalue weighted by atomic mass is 32.2. The monoisotopic (exact) mass is 452 g/mol. The van der Waals surface area contributed by atoms with Gasteiger partial charge in [0, 0.05) is 12.0 Å². The Kier molecular flexibility index (Phi) is 7.61. The molecule has 0 saturated carbocycles. The van der Waals surface area contributed by atoms with Crippen LogP contribution in [0, 0.1) is 0 Å². The molecule has 0 aliphatic carbocycles. The Labute approximate surface area is 152 Å². The molecule has 164 valence electrons. The van der Waals surface area contributed by atoms with Crippen molar-refractivity contribution >= 4 is 22.1 Å². The Morgan fingerprint density at radius 1 is 1.00 bits per heavy atom. The van der Waals surface area contributed by atoms with E-state index in [0.717, 1.165) is 6.92 Å². The van der Waals surface area contributed by atoms with Gasteiger partial charge >= 0.3 is 45.3 Å². The molecule has 0 aromatic carbocycles. The van der Waals surface area contributed by atoms with Crippen LogP contribution >= 0.6 is 0 Å². The van der Waals surface area contributed by atoms with E-state index in [1.165, 1.54) is 0 Å². The molecule has 16 heteroatoms. The van der Waals surface area contributed by atoms with Gasteiger partial charge in [0.15, 0.2) is 0 Å². The number of carbonyl (C=O) groups excluding carboxylic acids is 2. The van der Waals surface area contributed by atoms with Crippen molar-refractivity contribution in [3.63, 3.8) is 0 Å². The first-order valence-corrected chi connectivity index (χ1v) is 8.19. The largest absolute Gasteiger partial charge is 0.465 e. The maximum Gasteiger partial charge on any atom is 0.465 e. The van der Waals surface area contributed by atoms with E-state index in [1.54, 1.807) is 0 Å². The lowest BCUT2D eigenvalue weighted by Crippen LogP contribution is -2.61. The molecule has 7 nitrogen and oxygen atoms in total. The summed E-state index contributed by atoms with van der Waals surface area (Å²) in [6.07, 6.45) is -16.6. The molecule has 0 aromatic rings. The van der Waals surface area contributed by atoms with E-state index >= 15 is 0 Å². The molecule has 28 heavy (non-hydrogen) atoms. The zero-order chi connectivity index (χ0) is 22.8. The molecule has 0 fully saturated rings. The minimum atomic E-state index is -6.73. The Bertz CT molecular complexity index is 709. The second-order valence-electron chi connectivity index (χ2n) is 5.22. The fraction of sp³-hybridized carbons (Fsp3) is 0.667. The average Bonchev–Trinajstić information content (AvgIpc) is 2.45. The third-order valence-corrected chi connectivity index (χ3v) is 3.81. The summed E-state index contributed by atoms with van der Waals surface area (Å²) in [4.78, 5) is 22.1. The summed E-state index contributed by atoms with van der Waals surface area (Å²) < 4.78 is 140. The van der Waals surface area contributed by atoms with Gasteiger partial charge in [-0.25, -0.2) is 9.59 Å². The van der Waals surface area contributed by atoms with Gasteiger partial charge < -0.3 is 9.47 Å². The van der Waals surface area contributed by atoms with Crippen LogP contribution in [-0.2, 0) is 29.2 Å². The first kappa shape index (κ1) is 26.0. The Balaban J connectivity index is 5.86. The van der Waals surface area contributed by atoms with Crippen LogP contribution < -0.4 is 0 Å². The second kappa shape index (κ2) is 8.18. The molecule has 0 aliphatic rings. The predicted octanol–water partition coefficient (Wildman–Crippen LogP) is 2.77. The predicted molar refractivity (Wildman–Crippen MR) is 72.4 cm³/mol. The maximum atomic E-state index is 13.1. The number of halogens is 8. The van der Waals surface area contributed by atoms with E-state index in [2.05, 4.69) is 16.1 Å². The van der Waals surface area contributed by atoms with Crippen LogP contribution in [0.15, 0.2) is 12.2 Å². The standard InChI is InChI=1S/C12H12F8O7S/c1-6(2)7(21)26-5-3-4-9(11(15,16)17,12(18,19)20)27-8(22)10(13,14)28(23,24)25/h1,3-5H2,2H3,(H,23,24,25). The molecule has 0 amide bonds. The lowest BCUT2D eigenvalue weighted by molar-refractivity contribution is -0.374. The molecule has 0 atom stereocenters. The topological polar surface area (TPSA) is 107 Å². The van der Waals surface area contributed by atoms with Gasteiger partial charge in [0.25, 0.3) is 0 Å². The average molecular weight is 452 g/mol. The van der Waals surface area contributed by atoms with Crippen molar-refractivity contribution in [1.29, 1.82) is 0 Å². The van der Waals surface area contributed by atoms with Gasteiger partial charge in [-0.15, -0.1) is 0 Å². The molecule has 1 N–H and O–H groups in total. The van der Waals surface area contributed by atoms with E-state index in [1.807, 2.05) is 0 Å². The summed E-state index contributed by atoms with van der Waals surface area (Å²) >= 11 is 0. The number of carbonyl (C=O) groups is 2. The van der Waals surface area contributed by atoms with Crippen molar-refractivity contribution in [2.45, 2.75) is 43.0 Å². The molecular formula is C12H12F8O7S. The summed E-state index contributed by atoms with van der Waals surface area (Å²) in [6.45, 7) is 3.11. The quantitative estimate of drug-likeness (QED) is 0.198. The molecule has 0 spiro atoms. The summed E-state index contributed by atoms with van der Waals surface area (Å²) in [7, 11) is -6.73. The summed E-state index contributed by atoms with van der Waals surface area (Å²) in [5, 5.41) is -6.11. The maximum absolute atomic E-state index is 13.1. The lowest BCUT2D eigenvalue weighted by atomic mass is 9.95. The highest BCUT2D eigenvalue weighted by molar-refractivity contribution is 7.87. The van der Waals surface area contributed by atoms with Crippen molar-refractivity contribution in [2.75, 3.05) is 6.61 Å². The third-order valence-electron chi connectivity index (χ3n) is 3.00. The third kappa shape index (κ3) is 5.52. The number of hydrogen-bond acceptors (Lipinski definition) is 6. The van der Waals surface area contributed by atoms with E-state index in [-0.39, 0.29) is 5.57 Å². The molecule has 0 aliphatic heterocycles. The molecule has 0 aromatic heterocycles. The summed E-state index contributed by atoms with van der Waals surface area (Å²) in [6, 6.07) is 0. The van der Waals surface area contributed by atoms with Gasteiger partial charge in [0.1, 0.15) is 0 Å². The van der Waals surface area contributed by atoms with Crippen LogP contribution in [0.3, 0.4) is 0 Å². The van der Waals surface area contributed by atoms with Gasteiger partial charge in [-0.2, -0.15) is 43.5 Å². The van der Waals surface area contributed by atoms with Crippen LogP contribution in [0.25, 0.3) is 0 Å². The fourth-order valence-electron chi connectivity index (χ4n) is 1.54. The molecule has 0 heterocycles. The van der Waals surface area contributed by atoms with Crippen molar-refractivity contribution in [1.82, 2.24) is 0 Å². The number of ether oxygens (including phenoxy) is 2. The van der Waals surface area contributed by atoms with Crippen LogP contribution in [0.4, 0.5) is 35.1 Å². The van der Waals surface area contributed by atoms with E-state index in [9.17, 15) is 53.1 Å². The number of hydrogen-bond donors (Lipinski definition) is 1. The highest BCUT2D eigenvalue weighted by Crippen LogP contribution is 2.49. The van der Waals surface area contributed by atoms with Crippen molar-refractivity contribution in [3.8, 4) is 0 Å². The van der Waals surface area contributed by atoms with Crippen LogP contribution in [0.2, 0.25) is 0 Å². The first-order chi connectivity index (χ1) is 12.2. The SMILES string of the molecule is C=C(C)C(=O)OCCCC(OC(=O)C(F)(F)S(=O)(=O)O)(C(F)(F)F)C(F)(F)F. The van der Waals surface area contributed by atoms with Crippen molar-refractivity contribution in [2.24, 2.45) is 0 Å². The molecular weight excluding hydrogens is 440 g/mol. The normalized spacial score (nSPS) is 13.8. The molecule has 0 bridgehead atoms. The van der Waals surface area contributed by atoms with E-state index < -0.39 is 64.7 Å². The molecule has 0 radical (unpaired) electrons. The zero-order valence-corrected chi connectivity index (χ0v) is 14.5. The molecule has 0 unspecified atom stereocenters. The van der Waals surface area contributed by atoms with Gasteiger partial charge in [-0.1, -0.05) is 6.58 Å². The van der Waals surface area contributed by atoms with Crippen molar-refractivity contribution in [3.05, 3.63) is 12.2 Å². The van der Waals surface area contributed by atoms with Crippen LogP contribution in [0.5, 0.6) is 0 Å². The minimum absolute atomic E-state index is 0.253. The zero-order valence-electron chi connectivity index (χ0n) is 13.7. The Morgan fingerprint density at radius 2 is 1.43 bits per heavy atom. The van der Waals surface area contributed by atoms with Gasteiger partial charge in [-0.05, 0) is 13.3 Å². The number of rotatable bonds is 8. The van der Waals surface area contributed by atoms with Gasteiger partial charge in [0.2, 0.25) is 0 Å². The van der Waals surface area contributed by atoms with Crippen LogP contribution in [0.1, 0.15) is 19.8 Å². The van der Waals surface area contributed by atoms with E-state index in [4.69, 9.17) is 4.55 Å². The summed E-state index contributed by atoms with van der Waals surface area (Å²) in [5.41, 5.74) is -5.82. The smallest absolute Gasteiger partial charge is 0.462 e. The molecule has 0 rings (SSSR count). The Morgan fingerprint density at radius 3 is 1.75 bits per heavy atom. The molecule has 0 saturated heterocycles. The fourth-order valence-corrected chi connectivity index (χ4v) is 1.80. The summed E-state index contributed by atoms with van der Waals surface area (Å²) in [5.74, 6) is -4.98. The first-order valence-electron chi connectivity index (χ1n) is 6.75. The van der Waals surface area contributed by atoms with Gasteiger partial charge in [0.05, 0.1) is 6.61 Å². The second-order valence-corrected chi connectivity index (χ2v) is 6.69. The Hall–Kier alpha value is -1.97. The van der Waals surface area contributed by atoms with Crippen molar-refractivity contribution < 1.29 is 67.2 Å². The number of alkyl halides is 8. The van der Waals surface area contributed by atoms with Gasteiger partial charge in [-0.3, -0.25) is 4.55 Å². The highest BCUT2D eigenvalue weighted by Gasteiger charge is 2.75. The van der Waals surface area contributed by atoms with E-state index in [0.29, 0.717) is 0 Å².